The number of alkyl halides is 1. The number of ketones is 1. The third-order valence-corrected chi connectivity index (χ3v) is 7.17. The number of benzene rings is 1. The number of nitrogens with zero attached hydrogens (tertiary/aromatic N) is 7. The number of anilines is 1. The van der Waals surface area contributed by atoms with Crippen LogP contribution >= 0.6 is 15.9 Å². The second-order valence-corrected chi connectivity index (χ2v) is 9.99. The largest absolute Gasteiger partial charge is 0.326 e. The van der Waals surface area contributed by atoms with Gasteiger partial charge in [-0.25, -0.2) is 14.4 Å². The Balaban J connectivity index is 1.41. The Hall–Kier alpha value is -4.00. The van der Waals surface area contributed by atoms with E-state index < -0.39 is 24.0 Å². The van der Waals surface area contributed by atoms with E-state index >= 15 is 0 Å². The van der Waals surface area contributed by atoms with Gasteiger partial charge in [0.1, 0.15) is 34.9 Å². The molecule has 11 nitrogen and oxygen atoms in total. The van der Waals surface area contributed by atoms with Gasteiger partial charge in [0.15, 0.2) is 11.6 Å². The Bertz CT molecular complexity index is 1550. The van der Waals surface area contributed by atoms with Crippen molar-refractivity contribution in [2.45, 2.75) is 39.0 Å². The van der Waals surface area contributed by atoms with E-state index in [-0.39, 0.29) is 36.8 Å². The van der Waals surface area contributed by atoms with Gasteiger partial charge in [-0.1, -0.05) is 6.07 Å². The highest BCUT2D eigenvalue weighted by Gasteiger charge is 2.40. The van der Waals surface area contributed by atoms with E-state index in [1.807, 2.05) is 12.1 Å². The van der Waals surface area contributed by atoms with E-state index in [1.165, 1.54) is 21.2 Å². The minimum atomic E-state index is -1.34. The quantitative estimate of drug-likeness (QED) is 0.346. The van der Waals surface area contributed by atoms with E-state index in [1.54, 1.807) is 38.5 Å². The summed E-state index contributed by atoms with van der Waals surface area (Å²) in [6.45, 7) is 2.72. The molecule has 1 N–H and O–H groups in total. The minimum Gasteiger partial charge on any atom is -0.326 e. The molecule has 0 unspecified atom stereocenters. The first kappa shape index (κ1) is 25.6. The van der Waals surface area contributed by atoms with Gasteiger partial charge in [-0.15, -0.1) is 0 Å². The van der Waals surface area contributed by atoms with E-state index in [0.29, 0.717) is 21.3 Å². The molecule has 0 aliphatic carbocycles. The normalized spacial score (nSPS) is 17.2. The van der Waals surface area contributed by atoms with Crippen molar-refractivity contribution in [3.05, 3.63) is 52.8 Å². The summed E-state index contributed by atoms with van der Waals surface area (Å²) in [6, 6.07) is 6.02. The van der Waals surface area contributed by atoms with Crippen molar-refractivity contribution in [1.29, 1.82) is 0 Å². The molecule has 0 bridgehead atoms. The van der Waals surface area contributed by atoms with E-state index in [2.05, 4.69) is 41.4 Å². The summed E-state index contributed by atoms with van der Waals surface area (Å²) in [5, 5.41) is 11.8. The number of aryl methyl sites for hydroxylation is 2. The Morgan fingerprint density at radius 2 is 1.87 bits per heavy atom. The molecule has 1 saturated heterocycles. The monoisotopic (exact) mass is 582 g/mol. The first-order chi connectivity index (χ1) is 18.1. The lowest BCUT2D eigenvalue weighted by Gasteiger charge is -2.23. The predicted molar refractivity (Wildman–Crippen MR) is 140 cm³/mol. The minimum absolute atomic E-state index is 0.119. The maximum atomic E-state index is 14.4. The van der Waals surface area contributed by atoms with Crippen LogP contribution in [-0.4, -0.2) is 70.8 Å². The molecule has 1 fully saturated rings. The first-order valence-electron chi connectivity index (χ1n) is 11.8. The average Bonchev–Trinajstić information content (AvgIpc) is 3.54. The number of amides is 2. The topological polar surface area (TPSA) is 128 Å². The maximum Gasteiger partial charge on any atom is 0.248 e. The molecule has 4 aromatic rings. The smallest absolute Gasteiger partial charge is 0.248 e. The molecule has 4 heterocycles. The number of hydrogen-bond donors (Lipinski definition) is 1. The van der Waals surface area contributed by atoms with Crippen LogP contribution < -0.4 is 5.32 Å². The van der Waals surface area contributed by atoms with Gasteiger partial charge in [0.25, 0.3) is 0 Å². The zero-order chi connectivity index (χ0) is 27.1. The second kappa shape index (κ2) is 10.0. The summed E-state index contributed by atoms with van der Waals surface area (Å²) in [5.41, 5.74) is 2.34. The molecule has 2 amide bonds. The number of nitrogens with one attached hydrogen (secondary N) is 1. The zero-order valence-corrected chi connectivity index (χ0v) is 22.4. The number of hydrogen-bond acceptors (Lipinski definition) is 7. The van der Waals surface area contributed by atoms with Crippen molar-refractivity contribution in [3.63, 3.8) is 0 Å². The number of carbonyl (C=O) groups is 3. The fourth-order valence-corrected chi connectivity index (χ4v) is 4.82. The average molecular weight is 583 g/mol. The Labute approximate surface area is 225 Å². The summed E-state index contributed by atoms with van der Waals surface area (Å²) < 4.78 is 18.0. The predicted octanol–water partition coefficient (Wildman–Crippen LogP) is 3.08. The lowest BCUT2D eigenvalue weighted by Crippen LogP contribution is -2.44. The molecular weight excluding hydrogens is 559 g/mol. The fourth-order valence-electron chi connectivity index (χ4n) is 4.52. The Morgan fingerprint density at radius 1 is 1.13 bits per heavy atom. The number of Topliss-reactive ketones (excluding diaryl/α,β-unsaturated/α-hetero) is 1. The van der Waals surface area contributed by atoms with Gasteiger partial charge in [0.05, 0.1) is 12.1 Å². The molecular formula is C25H24BrFN8O3. The third-order valence-electron chi connectivity index (χ3n) is 6.43. The molecule has 0 spiro atoms. The van der Waals surface area contributed by atoms with Crippen molar-refractivity contribution in [2.24, 2.45) is 7.05 Å². The van der Waals surface area contributed by atoms with Gasteiger partial charge in [-0.3, -0.25) is 23.7 Å². The van der Waals surface area contributed by atoms with Crippen LogP contribution in [0.5, 0.6) is 0 Å². The molecule has 5 rings (SSSR count). The van der Waals surface area contributed by atoms with Crippen molar-refractivity contribution in [2.75, 3.05) is 11.9 Å². The van der Waals surface area contributed by atoms with Crippen molar-refractivity contribution >= 4 is 50.2 Å². The molecule has 13 heteroatoms. The summed E-state index contributed by atoms with van der Waals surface area (Å²) in [4.78, 5) is 48.3. The third kappa shape index (κ3) is 4.93. The van der Waals surface area contributed by atoms with E-state index in [9.17, 15) is 18.8 Å². The van der Waals surface area contributed by atoms with Crippen LogP contribution in [0.1, 0.15) is 29.7 Å². The number of halogens is 2. The molecule has 0 radical (unpaired) electrons. The maximum absolute atomic E-state index is 14.4. The summed E-state index contributed by atoms with van der Waals surface area (Å²) >= 11 is 3.31. The van der Waals surface area contributed by atoms with Gasteiger partial charge in [0, 0.05) is 49.8 Å². The lowest BCUT2D eigenvalue weighted by atomic mass is 10.0. The number of rotatable bonds is 6. The molecule has 3 aromatic heterocycles. The van der Waals surface area contributed by atoms with Crippen LogP contribution in [0.3, 0.4) is 0 Å². The lowest BCUT2D eigenvalue weighted by molar-refractivity contribution is -0.137. The fraction of sp³-hybridized carbons (Fsp3) is 0.320. The highest BCUT2D eigenvalue weighted by molar-refractivity contribution is 9.10. The van der Waals surface area contributed by atoms with Gasteiger partial charge in [-0.2, -0.15) is 10.2 Å². The van der Waals surface area contributed by atoms with Gasteiger partial charge in [-0.05, 0) is 40.5 Å². The van der Waals surface area contributed by atoms with Gasteiger partial charge >= 0.3 is 0 Å². The molecule has 1 aliphatic rings. The standard InChI is InChI=1S/C25H24BrFN8O3/c1-13(36)24-18-6-15(16-9-28-14(2)29-10-16)4-5-19(18)35(32-24)12-23(37)34-11-17(27)7-20(34)25(38)30-22-8-21(26)33(3)31-22/h4-6,8-10,17,20H,7,11-12H2,1-3H3,(H,30,31,38)/t17-,20+/m1/s1. The van der Waals surface area contributed by atoms with Crippen LogP contribution in [0.15, 0.2) is 41.3 Å². The highest BCUT2D eigenvalue weighted by Crippen LogP contribution is 2.28. The van der Waals surface area contributed by atoms with Crippen LogP contribution in [-0.2, 0) is 23.2 Å². The summed E-state index contributed by atoms with van der Waals surface area (Å²) in [7, 11) is 1.70. The van der Waals surface area contributed by atoms with Crippen LogP contribution in [0.4, 0.5) is 10.2 Å². The molecule has 1 aliphatic heterocycles. The van der Waals surface area contributed by atoms with Crippen molar-refractivity contribution in [3.8, 4) is 11.1 Å². The van der Waals surface area contributed by atoms with Crippen molar-refractivity contribution in [1.82, 2.24) is 34.4 Å². The van der Waals surface area contributed by atoms with Gasteiger partial charge < -0.3 is 10.2 Å². The number of fused-ring (bicyclic) bond motifs is 1. The summed E-state index contributed by atoms with van der Waals surface area (Å²) in [5.74, 6) is -0.338. The molecule has 0 saturated carbocycles. The highest BCUT2D eigenvalue weighted by atomic mass is 79.9. The molecule has 38 heavy (non-hydrogen) atoms. The summed E-state index contributed by atoms with van der Waals surface area (Å²) in [6.07, 6.45) is 1.93. The zero-order valence-electron chi connectivity index (χ0n) is 20.9. The molecule has 196 valence electrons. The second-order valence-electron chi connectivity index (χ2n) is 9.17. The first-order valence-corrected chi connectivity index (χ1v) is 12.6. The Kier molecular flexibility index (Phi) is 6.78. The van der Waals surface area contributed by atoms with Gasteiger partial charge in [0.2, 0.25) is 11.8 Å². The molecule has 1 aromatic carbocycles. The van der Waals surface area contributed by atoms with E-state index in [4.69, 9.17) is 0 Å². The van der Waals surface area contributed by atoms with E-state index in [0.717, 1.165) is 11.1 Å². The van der Waals surface area contributed by atoms with Crippen LogP contribution in [0.2, 0.25) is 0 Å². The Morgan fingerprint density at radius 3 is 2.53 bits per heavy atom. The number of aromatic nitrogens is 6. The van der Waals surface area contributed by atoms with Crippen LogP contribution in [0.25, 0.3) is 22.0 Å². The SMILES string of the molecule is CC(=O)c1nn(CC(=O)N2C[C@H](F)C[C@H]2C(=O)Nc2cc(Br)n(C)n2)c2ccc(-c3cnc(C)nc3)cc12. The number of likely N-dealkylation sites (tertiary alicyclic amines) is 1. The molecule has 2 atom stereocenters. The number of carbonyl (C=O) groups excluding carboxylic acids is 3. The van der Waals surface area contributed by atoms with Crippen LogP contribution in [0, 0.1) is 6.92 Å². The van der Waals surface area contributed by atoms with Crippen molar-refractivity contribution < 1.29 is 18.8 Å².